The Morgan fingerprint density at radius 3 is 2.72 bits per heavy atom. The van der Waals surface area contributed by atoms with Gasteiger partial charge in [0.2, 0.25) is 0 Å². The van der Waals surface area contributed by atoms with Crippen LogP contribution in [0.1, 0.15) is 0 Å². The zero-order valence-electron chi connectivity index (χ0n) is 12.5. The highest BCUT2D eigenvalue weighted by Gasteiger charge is 2.11. The molecule has 0 bridgehead atoms. The Morgan fingerprint density at radius 1 is 1.20 bits per heavy atom. The van der Waals surface area contributed by atoms with Gasteiger partial charge < -0.3 is 10.1 Å². The first-order valence-electron chi connectivity index (χ1n) is 6.93. The van der Waals surface area contributed by atoms with E-state index in [1.54, 1.807) is 0 Å². The van der Waals surface area contributed by atoms with Crippen LogP contribution in [0.15, 0.2) is 42.7 Å². The molecule has 128 valence electrons. The molecule has 1 N–H and O–H groups in total. The van der Waals surface area contributed by atoms with E-state index in [1.165, 1.54) is 41.3 Å². The highest BCUT2D eigenvalue weighted by molar-refractivity contribution is 6.30. The van der Waals surface area contributed by atoms with Crippen LogP contribution in [0, 0.1) is 11.6 Å². The van der Waals surface area contributed by atoms with E-state index in [0.29, 0.717) is 5.69 Å². The maximum absolute atomic E-state index is 13.9. The number of carbonyl (C=O) groups excluding carboxylic acids is 1. The van der Waals surface area contributed by atoms with Gasteiger partial charge in [-0.05, 0) is 40.8 Å². The van der Waals surface area contributed by atoms with Crippen LogP contribution in [0.3, 0.4) is 0 Å². The Labute approximate surface area is 145 Å². The summed E-state index contributed by atoms with van der Waals surface area (Å²) in [6, 6.07) is 7.69. The minimum atomic E-state index is -0.630. The molecule has 1 heterocycles. The second-order valence-corrected chi connectivity index (χ2v) is 5.24. The first-order valence-corrected chi connectivity index (χ1v) is 7.31. The van der Waals surface area contributed by atoms with E-state index in [0.717, 1.165) is 6.07 Å². The van der Waals surface area contributed by atoms with Gasteiger partial charge in [-0.25, -0.2) is 13.5 Å². The second kappa shape index (κ2) is 7.22. The van der Waals surface area contributed by atoms with E-state index >= 15 is 0 Å². The van der Waals surface area contributed by atoms with E-state index in [2.05, 4.69) is 20.8 Å². The molecule has 3 aromatic rings. The maximum atomic E-state index is 13.9. The van der Waals surface area contributed by atoms with Crippen LogP contribution in [0.5, 0.6) is 5.75 Å². The SMILES string of the molecule is O=C(COc1ccc(F)c(Cl)c1)Nc1cc(-n2cnnn2)ccc1F. The zero-order valence-corrected chi connectivity index (χ0v) is 13.2. The molecule has 0 fully saturated rings. The molecule has 1 aromatic heterocycles. The number of rotatable bonds is 5. The molecule has 0 aliphatic heterocycles. The molecule has 0 saturated carbocycles. The van der Waals surface area contributed by atoms with Gasteiger partial charge in [0.1, 0.15) is 23.7 Å². The predicted molar refractivity (Wildman–Crippen MR) is 84.6 cm³/mol. The number of anilines is 1. The Kier molecular flexibility index (Phi) is 4.85. The van der Waals surface area contributed by atoms with Crippen molar-refractivity contribution in [1.82, 2.24) is 20.2 Å². The molecule has 0 aliphatic rings. The van der Waals surface area contributed by atoms with E-state index in [-0.39, 0.29) is 16.5 Å². The number of halogens is 3. The monoisotopic (exact) mass is 365 g/mol. The Hall–Kier alpha value is -3.07. The second-order valence-electron chi connectivity index (χ2n) is 4.83. The van der Waals surface area contributed by atoms with Crippen molar-refractivity contribution in [2.75, 3.05) is 11.9 Å². The van der Waals surface area contributed by atoms with E-state index in [4.69, 9.17) is 16.3 Å². The van der Waals surface area contributed by atoms with Crippen molar-refractivity contribution in [3.05, 3.63) is 59.4 Å². The van der Waals surface area contributed by atoms with Gasteiger partial charge in [-0.15, -0.1) is 5.10 Å². The van der Waals surface area contributed by atoms with Crippen molar-refractivity contribution in [2.24, 2.45) is 0 Å². The van der Waals surface area contributed by atoms with Crippen molar-refractivity contribution in [1.29, 1.82) is 0 Å². The lowest BCUT2D eigenvalue weighted by atomic mass is 10.2. The molecule has 0 atom stereocenters. The van der Waals surface area contributed by atoms with Gasteiger partial charge in [0.15, 0.2) is 6.61 Å². The van der Waals surface area contributed by atoms with Gasteiger partial charge in [0, 0.05) is 6.07 Å². The molecule has 7 nitrogen and oxygen atoms in total. The molecule has 0 unspecified atom stereocenters. The van der Waals surface area contributed by atoms with E-state index in [9.17, 15) is 13.6 Å². The number of hydrogen-bond donors (Lipinski definition) is 1. The fourth-order valence-corrected chi connectivity index (χ4v) is 2.10. The molecule has 25 heavy (non-hydrogen) atoms. The summed E-state index contributed by atoms with van der Waals surface area (Å²) in [5, 5.41) is 12.9. The number of amides is 1. The molecule has 10 heteroatoms. The smallest absolute Gasteiger partial charge is 0.262 e. The van der Waals surface area contributed by atoms with Crippen LogP contribution < -0.4 is 10.1 Å². The molecule has 1 amide bonds. The van der Waals surface area contributed by atoms with Crippen LogP contribution in [0.2, 0.25) is 5.02 Å². The third-order valence-electron chi connectivity index (χ3n) is 3.10. The average molecular weight is 366 g/mol. The quantitative estimate of drug-likeness (QED) is 0.751. The molecule has 0 saturated heterocycles. The highest BCUT2D eigenvalue weighted by Crippen LogP contribution is 2.21. The van der Waals surface area contributed by atoms with E-state index < -0.39 is 24.1 Å². The van der Waals surface area contributed by atoms with Crippen LogP contribution in [0.4, 0.5) is 14.5 Å². The molecule has 2 aromatic carbocycles. The summed E-state index contributed by atoms with van der Waals surface area (Å²) in [4.78, 5) is 11.9. The number of ether oxygens (including phenoxy) is 1. The molecule has 0 spiro atoms. The molecular weight excluding hydrogens is 356 g/mol. The normalized spacial score (nSPS) is 10.5. The third-order valence-corrected chi connectivity index (χ3v) is 3.39. The first kappa shape index (κ1) is 16.8. The summed E-state index contributed by atoms with van der Waals surface area (Å²) in [7, 11) is 0. The van der Waals surface area contributed by atoms with Gasteiger partial charge in [0.25, 0.3) is 5.91 Å². The first-order chi connectivity index (χ1) is 12.0. The lowest BCUT2D eigenvalue weighted by Crippen LogP contribution is -2.21. The highest BCUT2D eigenvalue weighted by atomic mass is 35.5. The van der Waals surface area contributed by atoms with Gasteiger partial charge in [0.05, 0.1) is 16.4 Å². The van der Waals surface area contributed by atoms with Gasteiger partial charge >= 0.3 is 0 Å². The molecule has 0 aliphatic carbocycles. The number of aromatic nitrogens is 4. The third kappa shape index (κ3) is 4.07. The number of carbonyl (C=O) groups is 1. The minimum absolute atomic E-state index is 0.0567. The standard InChI is InChI=1S/C15H10ClF2N5O2/c16-11-6-10(2-4-12(11)17)25-7-15(24)20-14-5-9(1-3-13(14)18)23-8-19-21-22-23/h1-6,8H,7H2,(H,20,24). The summed E-state index contributed by atoms with van der Waals surface area (Å²) in [5.74, 6) is -1.62. The van der Waals surface area contributed by atoms with Crippen LogP contribution in [-0.2, 0) is 4.79 Å². The number of hydrogen-bond acceptors (Lipinski definition) is 5. The van der Waals surface area contributed by atoms with Crippen molar-refractivity contribution in [3.8, 4) is 11.4 Å². The van der Waals surface area contributed by atoms with Crippen molar-refractivity contribution >= 4 is 23.2 Å². The summed E-state index contributed by atoms with van der Waals surface area (Å²) >= 11 is 5.62. The lowest BCUT2D eigenvalue weighted by molar-refractivity contribution is -0.118. The van der Waals surface area contributed by atoms with Gasteiger partial charge in [-0.1, -0.05) is 11.6 Å². The minimum Gasteiger partial charge on any atom is -0.484 e. The van der Waals surface area contributed by atoms with Crippen molar-refractivity contribution < 1.29 is 18.3 Å². The summed E-state index contributed by atoms with van der Waals surface area (Å²) < 4.78 is 33.4. The number of nitrogens with zero attached hydrogens (tertiary/aromatic N) is 4. The summed E-state index contributed by atoms with van der Waals surface area (Å²) in [6.45, 7) is -0.406. The number of tetrazole rings is 1. The summed E-state index contributed by atoms with van der Waals surface area (Å²) in [6.07, 6.45) is 1.33. The topological polar surface area (TPSA) is 81.9 Å². The Morgan fingerprint density at radius 2 is 2.00 bits per heavy atom. The molecule has 3 rings (SSSR count). The maximum Gasteiger partial charge on any atom is 0.262 e. The Balaban J connectivity index is 1.66. The molecule has 0 radical (unpaired) electrons. The van der Waals surface area contributed by atoms with Crippen molar-refractivity contribution in [2.45, 2.75) is 0 Å². The Bertz CT molecular complexity index is 905. The molecular formula is C15H10ClF2N5O2. The fourth-order valence-electron chi connectivity index (χ4n) is 1.93. The van der Waals surface area contributed by atoms with Crippen LogP contribution >= 0.6 is 11.6 Å². The van der Waals surface area contributed by atoms with Crippen LogP contribution in [0.25, 0.3) is 5.69 Å². The van der Waals surface area contributed by atoms with Gasteiger partial charge in [-0.2, -0.15) is 0 Å². The predicted octanol–water partition coefficient (Wildman–Crippen LogP) is 2.61. The van der Waals surface area contributed by atoms with E-state index in [1.807, 2.05) is 0 Å². The number of benzene rings is 2. The number of nitrogens with one attached hydrogen (secondary N) is 1. The lowest BCUT2D eigenvalue weighted by Gasteiger charge is -2.10. The van der Waals surface area contributed by atoms with Crippen LogP contribution in [-0.4, -0.2) is 32.7 Å². The fraction of sp³-hybridized carbons (Fsp3) is 0.0667. The van der Waals surface area contributed by atoms with Crippen molar-refractivity contribution in [3.63, 3.8) is 0 Å². The largest absolute Gasteiger partial charge is 0.484 e. The zero-order chi connectivity index (χ0) is 17.8. The summed E-state index contributed by atoms with van der Waals surface area (Å²) in [5.41, 5.74) is 0.409. The average Bonchev–Trinajstić information content (AvgIpc) is 3.12. The van der Waals surface area contributed by atoms with Gasteiger partial charge in [-0.3, -0.25) is 4.79 Å².